The Labute approximate surface area is 137 Å². The van der Waals surface area contributed by atoms with Crippen LogP contribution >= 0.6 is 11.3 Å². The summed E-state index contributed by atoms with van der Waals surface area (Å²) in [6, 6.07) is 0. The van der Waals surface area contributed by atoms with Crippen LogP contribution in [0.1, 0.15) is 10.5 Å². The van der Waals surface area contributed by atoms with E-state index >= 15 is 0 Å². The molecule has 0 bridgehead atoms. The number of carbonyl (C=O) groups excluding carboxylic acids is 1. The van der Waals surface area contributed by atoms with Crippen molar-refractivity contribution in [2.75, 3.05) is 44.7 Å². The summed E-state index contributed by atoms with van der Waals surface area (Å²) in [7, 11) is 0. The second-order valence-electron chi connectivity index (χ2n) is 4.96. The van der Waals surface area contributed by atoms with Crippen molar-refractivity contribution >= 4 is 28.2 Å². The molecule has 0 saturated carbocycles. The lowest BCUT2D eigenvalue weighted by atomic mass is 10.4. The summed E-state index contributed by atoms with van der Waals surface area (Å²) in [5.74, 6) is 0.433. The number of thiazole rings is 1. The van der Waals surface area contributed by atoms with Gasteiger partial charge in [-0.15, -0.1) is 11.3 Å². The van der Waals surface area contributed by atoms with Crippen LogP contribution in [0.4, 0.5) is 10.9 Å². The molecule has 0 spiro atoms. The van der Waals surface area contributed by atoms with Gasteiger partial charge in [0.2, 0.25) is 0 Å². The van der Waals surface area contributed by atoms with Crippen LogP contribution in [0, 0.1) is 0 Å². The lowest BCUT2D eigenvalue weighted by Crippen LogP contribution is -2.41. The monoisotopic (exact) mass is 334 g/mol. The minimum absolute atomic E-state index is 0.165. The van der Waals surface area contributed by atoms with Crippen LogP contribution in [-0.2, 0) is 4.74 Å². The van der Waals surface area contributed by atoms with Crippen molar-refractivity contribution in [1.29, 1.82) is 0 Å². The van der Waals surface area contributed by atoms with Gasteiger partial charge in [0.15, 0.2) is 10.9 Å². The van der Waals surface area contributed by atoms with Gasteiger partial charge in [0.1, 0.15) is 5.69 Å². The smallest absolute Gasteiger partial charge is 0.270 e. The van der Waals surface area contributed by atoms with Gasteiger partial charge < -0.3 is 15.4 Å². The fourth-order valence-corrected chi connectivity index (χ4v) is 2.85. The van der Waals surface area contributed by atoms with Crippen LogP contribution in [-0.4, -0.2) is 65.2 Å². The van der Waals surface area contributed by atoms with Crippen LogP contribution in [0.25, 0.3) is 0 Å². The molecule has 3 rings (SSSR count). The van der Waals surface area contributed by atoms with Crippen LogP contribution in [0.3, 0.4) is 0 Å². The number of anilines is 2. The van der Waals surface area contributed by atoms with E-state index in [0.717, 1.165) is 32.8 Å². The first-order valence-corrected chi connectivity index (χ1v) is 8.26. The first kappa shape index (κ1) is 15.8. The Morgan fingerprint density at radius 2 is 2.22 bits per heavy atom. The highest BCUT2D eigenvalue weighted by Crippen LogP contribution is 2.18. The number of nitrogens with one attached hydrogen (secondary N) is 2. The van der Waals surface area contributed by atoms with Crippen molar-refractivity contribution in [3.05, 3.63) is 29.7 Å². The lowest BCUT2D eigenvalue weighted by Gasteiger charge is -2.26. The molecule has 0 radical (unpaired) electrons. The number of hydrogen-bond acceptors (Lipinski definition) is 8. The Morgan fingerprint density at radius 1 is 1.35 bits per heavy atom. The molecule has 122 valence electrons. The Bertz CT molecular complexity index is 629. The summed E-state index contributed by atoms with van der Waals surface area (Å²) in [4.78, 5) is 26.7. The number of aromatic nitrogens is 3. The molecule has 9 heteroatoms. The molecule has 0 aromatic carbocycles. The Morgan fingerprint density at radius 3 is 3.00 bits per heavy atom. The minimum atomic E-state index is -0.165. The molecule has 1 aliphatic rings. The maximum atomic E-state index is 12.1. The highest BCUT2D eigenvalue weighted by molar-refractivity contribution is 7.14. The molecule has 1 amide bonds. The van der Waals surface area contributed by atoms with E-state index in [1.807, 2.05) is 0 Å². The van der Waals surface area contributed by atoms with Gasteiger partial charge in [-0.1, -0.05) is 0 Å². The number of ether oxygens (including phenoxy) is 1. The molecule has 8 nitrogen and oxygen atoms in total. The van der Waals surface area contributed by atoms with Crippen LogP contribution < -0.4 is 10.6 Å². The molecular formula is C14H18N6O2S. The number of carbonyl (C=O) groups is 1. The molecule has 2 N–H and O–H groups in total. The van der Waals surface area contributed by atoms with E-state index in [4.69, 9.17) is 4.74 Å². The number of amides is 1. The van der Waals surface area contributed by atoms with Gasteiger partial charge in [-0.25, -0.2) is 9.97 Å². The number of nitrogens with zero attached hydrogens (tertiary/aromatic N) is 4. The van der Waals surface area contributed by atoms with E-state index in [1.54, 1.807) is 24.0 Å². The standard InChI is InChI=1S/C14H18N6O2S/c21-13(17-3-4-20-5-7-22-8-6-20)11-10-23-14(18-11)19-12-9-15-1-2-16-12/h1-2,9-10H,3-8H2,(H,17,21)(H,16,18,19). The van der Waals surface area contributed by atoms with Crippen LogP contribution in [0.5, 0.6) is 0 Å². The Kier molecular flexibility index (Phi) is 5.46. The summed E-state index contributed by atoms with van der Waals surface area (Å²) in [6.45, 7) is 4.78. The largest absolute Gasteiger partial charge is 0.379 e. The number of hydrogen-bond donors (Lipinski definition) is 2. The predicted molar refractivity (Wildman–Crippen MR) is 87.0 cm³/mol. The molecular weight excluding hydrogens is 316 g/mol. The van der Waals surface area contributed by atoms with Crippen molar-refractivity contribution in [2.24, 2.45) is 0 Å². The summed E-state index contributed by atoms with van der Waals surface area (Å²) in [5, 5.41) is 8.25. The zero-order chi connectivity index (χ0) is 15.9. The van der Waals surface area contributed by atoms with Gasteiger partial charge in [-0.3, -0.25) is 14.7 Å². The number of morpholine rings is 1. The van der Waals surface area contributed by atoms with E-state index < -0.39 is 0 Å². The topological polar surface area (TPSA) is 92.3 Å². The van der Waals surface area contributed by atoms with Crippen molar-refractivity contribution in [3.8, 4) is 0 Å². The average molecular weight is 334 g/mol. The van der Waals surface area contributed by atoms with E-state index in [2.05, 4.69) is 30.5 Å². The normalized spacial score (nSPS) is 15.3. The molecule has 2 aromatic heterocycles. The predicted octanol–water partition coefficient (Wildman–Crippen LogP) is 0.739. The van der Waals surface area contributed by atoms with Gasteiger partial charge in [-0.2, -0.15) is 0 Å². The molecule has 1 saturated heterocycles. The van der Waals surface area contributed by atoms with E-state index in [0.29, 0.717) is 23.2 Å². The summed E-state index contributed by atoms with van der Waals surface area (Å²) >= 11 is 1.36. The van der Waals surface area contributed by atoms with Crippen molar-refractivity contribution < 1.29 is 9.53 Å². The molecule has 0 unspecified atom stereocenters. The maximum absolute atomic E-state index is 12.1. The van der Waals surface area contributed by atoms with Crippen LogP contribution in [0.2, 0.25) is 0 Å². The van der Waals surface area contributed by atoms with Gasteiger partial charge in [0.05, 0.1) is 19.4 Å². The third-order valence-corrected chi connectivity index (χ3v) is 4.11. The highest BCUT2D eigenvalue weighted by Gasteiger charge is 2.13. The second kappa shape index (κ2) is 7.95. The quantitative estimate of drug-likeness (QED) is 0.805. The van der Waals surface area contributed by atoms with E-state index in [1.165, 1.54) is 11.3 Å². The molecule has 3 heterocycles. The first-order valence-electron chi connectivity index (χ1n) is 7.38. The fourth-order valence-electron chi connectivity index (χ4n) is 2.15. The fraction of sp³-hybridized carbons (Fsp3) is 0.429. The van der Waals surface area contributed by atoms with E-state index in [9.17, 15) is 4.79 Å². The molecule has 1 fully saturated rings. The molecule has 0 atom stereocenters. The highest BCUT2D eigenvalue weighted by atomic mass is 32.1. The van der Waals surface area contributed by atoms with Gasteiger partial charge in [0, 0.05) is 44.0 Å². The lowest BCUT2D eigenvalue weighted by molar-refractivity contribution is 0.0383. The minimum Gasteiger partial charge on any atom is -0.379 e. The molecule has 0 aliphatic carbocycles. The second-order valence-corrected chi connectivity index (χ2v) is 5.82. The summed E-state index contributed by atoms with van der Waals surface area (Å²) in [6.07, 6.45) is 4.79. The zero-order valence-electron chi connectivity index (χ0n) is 12.6. The van der Waals surface area contributed by atoms with Crippen molar-refractivity contribution in [3.63, 3.8) is 0 Å². The Balaban J connectivity index is 1.46. The van der Waals surface area contributed by atoms with E-state index in [-0.39, 0.29) is 5.91 Å². The molecule has 2 aromatic rings. The summed E-state index contributed by atoms with van der Waals surface area (Å²) in [5.41, 5.74) is 0.406. The average Bonchev–Trinajstić information content (AvgIpc) is 3.05. The maximum Gasteiger partial charge on any atom is 0.270 e. The zero-order valence-corrected chi connectivity index (χ0v) is 13.4. The first-order chi connectivity index (χ1) is 11.3. The van der Waals surface area contributed by atoms with Gasteiger partial charge in [0.25, 0.3) is 5.91 Å². The van der Waals surface area contributed by atoms with Crippen LogP contribution in [0.15, 0.2) is 24.0 Å². The third kappa shape index (κ3) is 4.68. The number of rotatable bonds is 6. The Hall–Kier alpha value is -2.10. The third-order valence-electron chi connectivity index (χ3n) is 3.35. The summed E-state index contributed by atoms with van der Waals surface area (Å²) < 4.78 is 5.29. The van der Waals surface area contributed by atoms with Gasteiger partial charge in [-0.05, 0) is 0 Å². The molecule has 1 aliphatic heterocycles. The van der Waals surface area contributed by atoms with Crippen molar-refractivity contribution in [1.82, 2.24) is 25.2 Å². The van der Waals surface area contributed by atoms with Gasteiger partial charge >= 0.3 is 0 Å². The molecule has 23 heavy (non-hydrogen) atoms. The SMILES string of the molecule is O=C(NCCN1CCOCC1)c1csc(Nc2cnccn2)n1. The van der Waals surface area contributed by atoms with Crippen molar-refractivity contribution in [2.45, 2.75) is 0 Å².